The molecule has 1 rings (SSSR count). The zero-order valence-electron chi connectivity index (χ0n) is 11.7. The van der Waals surface area contributed by atoms with E-state index in [1.165, 1.54) is 12.1 Å². The Labute approximate surface area is 130 Å². The Balaban J connectivity index is 2.78. The maximum Gasteiger partial charge on any atom is 0.389 e. The van der Waals surface area contributed by atoms with Crippen molar-refractivity contribution in [1.82, 2.24) is 0 Å². The van der Waals surface area contributed by atoms with Gasteiger partial charge >= 0.3 is 12.1 Å². The Morgan fingerprint density at radius 2 is 2.00 bits per heavy atom. The maximum absolute atomic E-state index is 12.1. The number of anilines is 1. The summed E-state index contributed by atoms with van der Waals surface area (Å²) < 4.78 is 36.2. The molecule has 0 radical (unpaired) electrons. The molecule has 0 aliphatic heterocycles. The summed E-state index contributed by atoms with van der Waals surface area (Å²) in [5.74, 6) is -2.10. The highest BCUT2D eigenvalue weighted by Gasteiger charge is 2.28. The molecule has 0 saturated carbocycles. The summed E-state index contributed by atoms with van der Waals surface area (Å²) in [6, 6.07) is 4.55. The number of aliphatic carboxylic acids is 1. The van der Waals surface area contributed by atoms with Gasteiger partial charge in [0.2, 0.25) is 5.91 Å². The molecule has 1 atom stereocenters. The lowest BCUT2D eigenvalue weighted by Crippen LogP contribution is -2.17. The van der Waals surface area contributed by atoms with Crippen molar-refractivity contribution in [2.75, 3.05) is 5.32 Å². The van der Waals surface area contributed by atoms with Crippen LogP contribution in [0.4, 0.5) is 18.9 Å². The van der Waals surface area contributed by atoms with Gasteiger partial charge in [-0.3, -0.25) is 9.59 Å². The van der Waals surface area contributed by atoms with Crippen LogP contribution in [0, 0.1) is 0 Å². The number of hydrogen-bond donors (Lipinski definition) is 2. The quantitative estimate of drug-likeness (QED) is 0.817. The van der Waals surface area contributed by atoms with Crippen LogP contribution < -0.4 is 5.32 Å². The fourth-order valence-corrected chi connectivity index (χ4v) is 1.96. The Kier molecular flexibility index (Phi) is 6.22. The highest BCUT2D eigenvalue weighted by atomic mass is 35.5. The van der Waals surface area contributed by atoms with Crippen LogP contribution in [0.3, 0.4) is 0 Å². The number of halogens is 4. The highest BCUT2D eigenvalue weighted by Crippen LogP contribution is 2.29. The van der Waals surface area contributed by atoms with E-state index in [-0.39, 0.29) is 23.0 Å². The molecule has 8 heteroatoms. The number of alkyl halides is 3. The maximum atomic E-state index is 12.1. The summed E-state index contributed by atoms with van der Waals surface area (Å²) >= 11 is 5.89. The van der Waals surface area contributed by atoms with E-state index in [1.807, 2.05) is 0 Å². The van der Waals surface area contributed by atoms with Crippen molar-refractivity contribution in [2.45, 2.75) is 38.3 Å². The van der Waals surface area contributed by atoms with Gasteiger partial charge in [0.1, 0.15) is 0 Å². The lowest BCUT2D eigenvalue weighted by Gasteiger charge is -2.13. The van der Waals surface area contributed by atoms with Crippen molar-refractivity contribution in [3.05, 3.63) is 28.8 Å². The summed E-state index contributed by atoms with van der Waals surface area (Å²) in [6.45, 7) is 1.69. The van der Waals surface area contributed by atoms with E-state index in [0.717, 1.165) is 0 Å². The number of nitrogens with one attached hydrogen (secondary N) is 1. The molecule has 0 aromatic heterocycles. The van der Waals surface area contributed by atoms with Crippen LogP contribution in [0.25, 0.3) is 0 Å². The van der Waals surface area contributed by atoms with Gasteiger partial charge in [-0.2, -0.15) is 13.2 Å². The number of carbonyl (C=O) groups excluding carboxylic acids is 1. The lowest BCUT2D eigenvalue weighted by atomic mass is 9.97. The van der Waals surface area contributed by atoms with E-state index >= 15 is 0 Å². The van der Waals surface area contributed by atoms with Crippen LogP contribution in [0.5, 0.6) is 0 Å². The smallest absolute Gasteiger partial charge is 0.389 e. The number of benzene rings is 1. The Morgan fingerprint density at radius 3 is 2.55 bits per heavy atom. The predicted octanol–water partition coefficient (Wildman–Crippen LogP) is 4.20. The van der Waals surface area contributed by atoms with E-state index in [0.29, 0.717) is 5.56 Å². The van der Waals surface area contributed by atoms with Crippen LogP contribution in [0.1, 0.15) is 37.7 Å². The van der Waals surface area contributed by atoms with Crippen molar-refractivity contribution in [2.24, 2.45) is 0 Å². The van der Waals surface area contributed by atoms with Crippen LogP contribution in [0.15, 0.2) is 18.2 Å². The minimum atomic E-state index is -4.40. The molecular formula is C14H15ClF3NO3. The van der Waals surface area contributed by atoms with Crippen molar-refractivity contribution in [3.63, 3.8) is 0 Å². The molecule has 0 fully saturated rings. The van der Waals surface area contributed by atoms with Crippen LogP contribution in [0.2, 0.25) is 5.02 Å². The molecule has 0 aliphatic carbocycles. The SMILES string of the molecule is CC(CC(=O)O)c1ccc(Cl)c(NC(=O)CCC(F)(F)F)c1. The molecule has 1 aromatic rings. The molecule has 22 heavy (non-hydrogen) atoms. The lowest BCUT2D eigenvalue weighted by molar-refractivity contribution is -0.142. The number of carboxylic acids is 1. The molecule has 0 spiro atoms. The van der Waals surface area contributed by atoms with Crippen molar-refractivity contribution >= 4 is 29.2 Å². The van der Waals surface area contributed by atoms with Gasteiger partial charge in [-0.1, -0.05) is 24.6 Å². The number of carboxylic acid groups (broad SMARTS) is 1. The molecule has 122 valence electrons. The summed E-state index contributed by atoms with van der Waals surface area (Å²) in [6.07, 6.45) is -6.43. The topological polar surface area (TPSA) is 66.4 Å². The van der Waals surface area contributed by atoms with Crippen molar-refractivity contribution in [1.29, 1.82) is 0 Å². The normalized spacial score (nSPS) is 12.8. The standard InChI is InChI=1S/C14H15ClF3NO3/c1-8(6-13(21)22)9-2-3-10(15)11(7-9)19-12(20)4-5-14(16,17)18/h2-3,7-8H,4-6H2,1H3,(H,19,20)(H,21,22). The predicted molar refractivity (Wildman–Crippen MR) is 76.0 cm³/mol. The zero-order chi connectivity index (χ0) is 16.9. The van der Waals surface area contributed by atoms with Crippen LogP contribution >= 0.6 is 11.6 Å². The largest absolute Gasteiger partial charge is 0.481 e. The minimum Gasteiger partial charge on any atom is -0.481 e. The average Bonchev–Trinajstić information content (AvgIpc) is 2.37. The molecule has 0 aliphatic rings. The van der Waals surface area contributed by atoms with Crippen LogP contribution in [-0.4, -0.2) is 23.2 Å². The van der Waals surface area contributed by atoms with Gasteiger partial charge in [-0.25, -0.2) is 0 Å². The monoisotopic (exact) mass is 337 g/mol. The third-order valence-corrected chi connectivity index (χ3v) is 3.28. The highest BCUT2D eigenvalue weighted by molar-refractivity contribution is 6.33. The molecule has 1 unspecified atom stereocenters. The van der Waals surface area contributed by atoms with E-state index in [2.05, 4.69) is 5.32 Å². The van der Waals surface area contributed by atoms with Gasteiger partial charge < -0.3 is 10.4 Å². The second-order valence-corrected chi connectivity index (χ2v) is 5.31. The minimum absolute atomic E-state index is 0.108. The van der Waals surface area contributed by atoms with Gasteiger partial charge in [0.15, 0.2) is 0 Å². The first-order chi connectivity index (χ1) is 10.1. The first-order valence-electron chi connectivity index (χ1n) is 6.46. The number of hydrogen-bond acceptors (Lipinski definition) is 2. The van der Waals surface area contributed by atoms with Gasteiger partial charge in [-0.15, -0.1) is 0 Å². The first-order valence-corrected chi connectivity index (χ1v) is 6.84. The zero-order valence-corrected chi connectivity index (χ0v) is 12.5. The third kappa shape index (κ3) is 6.34. The second-order valence-electron chi connectivity index (χ2n) is 4.90. The first kappa shape index (κ1) is 18.3. The molecular weight excluding hydrogens is 323 g/mol. The van der Waals surface area contributed by atoms with Gasteiger partial charge in [-0.05, 0) is 23.6 Å². The summed E-state index contributed by atoms with van der Waals surface area (Å²) in [4.78, 5) is 22.2. The Morgan fingerprint density at radius 1 is 1.36 bits per heavy atom. The van der Waals surface area contributed by atoms with E-state index in [9.17, 15) is 22.8 Å². The summed E-state index contributed by atoms with van der Waals surface area (Å²) in [5, 5.41) is 11.2. The van der Waals surface area contributed by atoms with Crippen molar-refractivity contribution < 1.29 is 27.9 Å². The average molecular weight is 338 g/mol. The fraction of sp³-hybridized carbons (Fsp3) is 0.429. The fourth-order valence-electron chi connectivity index (χ4n) is 1.79. The van der Waals surface area contributed by atoms with E-state index < -0.39 is 30.9 Å². The molecule has 2 N–H and O–H groups in total. The molecule has 0 bridgehead atoms. The summed E-state index contributed by atoms with van der Waals surface area (Å²) in [5.41, 5.74) is 0.793. The number of amides is 1. The molecule has 0 saturated heterocycles. The Hall–Kier alpha value is -1.76. The second kappa shape index (κ2) is 7.49. The number of rotatable bonds is 6. The summed E-state index contributed by atoms with van der Waals surface area (Å²) in [7, 11) is 0. The number of carbonyl (C=O) groups is 2. The molecule has 1 amide bonds. The van der Waals surface area contributed by atoms with Gasteiger partial charge in [0.05, 0.1) is 23.6 Å². The van der Waals surface area contributed by atoms with E-state index in [4.69, 9.17) is 16.7 Å². The Bertz CT molecular complexity index is 561. The van der Waals surface area contributed by atoms with Gasteiger partial charge in [0.25, 0.3) is 0 Å². The molecule has 1 aromatic carbocycles. The van der Waals surface area contributed by atoms with Gasteiger partial charge in [0, 0.05) is 6.42 Å². The third-order valence-electron chi connectivity index (χ3n) is 2.95. The van der Waals surface area contributed by atoms with Crippen molar-refractivity contribution in [3.8, 4) is 0 Å². The molecule has 0 heterocycles. The molecule has 4 nitrogen and oxygen atoms in total. The van der Waals surface area contributed by atoms with Crippen LogP contribution in [-0.2, 0) is 9.59 Å². The van der Waals surface area contributed by atoms with E-state index in [1.54, 1.807) is 13.0 Å².